The SMILES string of the molecule is CC(CCC(CO)(CO)CCC(C)[Si](C)(O[Si](C)(C)C)O[Si](C)(C)C)[Si](C)(O[Si](C)(C)C)O[Si](C)(C)C. The van der Waals surface area contributed by atoms with Crippen molar-refractivity contribution in [3.05, 3.63) is 0 Å². The van der Waals surface area contributed by atoms with E-state index in [9.17, 15) is 10.2 Å². The van der Waals surface area contributed by atoms with Crippen LogP contribution in [-0.2, 0) is 16.5 Å². The number of aliphatic hydroxyl groups excluding tert-OH is 2. The second kappa shape index (κ2) is 13.8. The lowest BCUT2D eigenvalue weighted by molar-refractivity contribution is 0.0349. The number of hydrogen-bond acceptors (Lipinski definition) is 6. The largest absolute Gasteiger partial charge is 0.436 e. The molecule has 0 radical (unpaired) electrons. The van der Waals surface area contributed by atoms with E-state index in [-0.39, 0.29) is 24.3 Å². The molecule has 0 aliphatic heterocycles. The van der Waals surface area contributed by atoms with Crippen molar-refractivity contribution in [3.8, 4) is 0 Å². The lowest BCUT2D eigenvalue weighted by Crippen LogP contribution is -2.55. The van der Waals surface area contributed by atoms with Gasteiger partial charge in [0.15, 0.2) is 33.3 Å². The second-order valence-electron chi connectivity index (χ2n) is 15.6. The minimum Gasteiger partial charge on any atom is -0.436 e. The van der Waals surface area contributed by atoms with Gasteiger partial charge in [-0.3, -0.25) is 0 Å². The van der Waals surface area contributed by atoms with Gasteiger partial charge >= 0.3 is 17.1 Å². The molecule has 0 saturated heterocycles. The molecule has 0 spiro atoms. The van der Waals surface area contributed by atoms with Crippen molar-refractivity contribution in [1.29, 1.82) is 0 Å². The molecule has 0 fully saturated rings. The quantitative estimate of drug-likeness (QED) is 0.151. The van der Waals surface area contributed by atoms with Crippen molar-refractivity contribution in [2.24, 2.45) is 5.41 Å². The van der Waals surface area contributed by atoms with Gasteiger partial charge in [0, 0.05) is 5.41 Å². The maximum absolute atomic E-state index is 10.5. The summed E-state index contributed by atoms with van der Waals surface area (Å²) < 4.78 is 27.1. The molecule has 0 saturated carbocycles. The summed E-state index contributed by atoms with van der Waals surface area (Å²) in [5, 5.41) is 21.0. The van der Waals surface area contributed by atoms with Crippen LogP contribution in [0.4, 0.5) is 0 Å². The highest BCUT2D eigenvalue weighted by molar-refractivity contribution is 6.89. The molecular formula is C25H64O6Si6. The van der Waals surface area contributed by atoms with Gasteiger partial charge in [0.2, 0.25) is 0 Å². The fourth-order valence-corrected chi connectivity index (χ4v) is 30.0. The first-order chi connectivity index (χ1) is 16.2. The zero-order valence-corrected chi connectivity index (χ0v) is 33.4. The van der Waals surface area contributed by atoms with Crippen molar-refractivity contribution in [1.82, 2.24) is 0 Å². The van der Waals surface area contributed by atoms with E-state index in [2.05, 4.69) is 106 Å². The Labute approximate surface area is 237 Å². The number of aliphatic hydroxyl groups is 2. The van der Waals surface area contributed by atoms with Gasteiger partial charge in [-0.25, -0.2) is 0 Å². The van der Waals surface area contributed by atoms with E-state index in [4.69, 9.17) is 16.5 Å². The Morgan fingerprint density at radius 2 is 0.703 bits per heavy atom. The van der Waals surface area contributed by atoms with Gasteiger partial charge in [-0.2, -0.15) is 0 Å². The zero-order valence-electron chi connectivity index (χ0n) is 27.4. The van der Waals surface area contributed by atoms with Crippen molar-refractivity contribution in [2.75, 3.05) is 13.2 Å². The molecule has 224 valence electrons. The van der Waals surface area contributed by atoms with Crippen molar-refractivity contribution in [3.63, 3.8) is 0 Å². The van der Waals surface area contributed by atoms with Gasteiger partial charge in [-0.1, -0.05) is 13.8 Å². The highest BCUT2D eigenvalue weighted by Crippen LogP contribution is 2.41. The summed E-state index contributed by atoms with van der Waals surface area (Å²) in [6.07, 6.45) is 3.25. The molecule has 12 heteroatoms. The highest BCUT2D eigenvalue weighted by atomic mass is 28.5. The van der Waals surface area contributed by atoms with Crippen LogP contribution in [0.15, 0.2) is 0 Å². The molecule has 2 N–H and O–H groups in total. The molecule has 2 unspecified atom stereocenters. The van der Waals surface area contributed by atoms with Crippen LogP contribution in [0.25, 0.3) is 0 Å². The van der Waals surface area contributed by atoms with Gasteiger partial charge in [0.05, 0.1) is 13.2 Å². The average molecular weight is 629 g/mol. The van der Waals surface area contributed by atoms with Crippen molar-refractivity contribution in [2.45, 2.75) is 142 Å². The van der Waals surface area contributed by atoms with Crippen LogP contribution < -0.4 is 0 Å². The predicted octanol–water partition coefficient (Wildman–Crippen LogP) is 7.85. The molecule has 0 amide bonds. The summed E-state index contributed by atoms with van der Waals surface area (Å²) in [5.41, 5.74) is 0.0147. The normalized spacial score (nSPS) is 16.7. The fourth-order valence-electron chi connectivity index (χ4n) is 4.94. The van der Waals surface area contributed by atoms with E-state index in [0.29, 0.717) is 0 Å². The number of rotatable bonds is 18. The average Bonchev–Trinajstić information content (AvgIpc) is 2.62. The maximum atomic E-state index is 10.5. The van der Waals surface area contributed by atoms with E-state index in [1.54, 1.807) is 0 Å². The third kappa shape index (κ3) is 15.0. The Kier molecular flexibility index (Phi) is 14.2. The molecular weight excluding hydrogens is 565 g/mol. The molecule has 0 heterocycles. The van der Waals surface area contributed by atoms with E-state index in [0.717, 1.165) is 25.7 Å². The molecule has 0 bridgehead atoms. The van der Waals surface area contributed by atoms with Crippen LogP contribution in [0.2, 0.25) is 103 Å². The molecule has 37 heavy (non-hydrogen) atoms. The van der Waals surface area contributed by atoms with Crippen LogP contribution in [-0.4, -0.2) is 73.8 Å². The van der Waals surface area contributed by atoms with Crippen LogP contribution in [0.1, 0.15) is 39.5 Å². The topological polar surface area (TPSA) is 77.4 Å². The molecule has 2 atom stereocenters. The second-order valence-corrected chi connectivity index (χ2v) is 41.8. The Hall–Kier alpha value is 1.06. The molecule has 0 aromatic heterocycles. The Morgan fingerprint density at radius 3 is 0.865 bits per heavy atom. The minimum atomic E-state index is -2.44. The maximum Gasteiger partial charge on any atom is 0.317 e. The first-order valence-electron chi connectivity index (χ1n) is 14.2. The zero-order chi connectivity index (χ0) is 29.7. The summed E-state index contributed by atoms with van der Waals surface area (Å²) in [6.45, 7) is 35.7. The predicted molar refractivity (Wildman–Crippen MR) is 175 cm³/mol. The minimum absolute atomic E-state index is 0.0208. The monoisotopic (exact) mass is 628 g/mol. The molecule has 6 nitrogen and oxygen atoms in total. The third-order valence-corrected chi connectivity index (χ3v) is 27.2. The van der Waals surface area contributed by atoms with Gasteiger partial charge in [-0.15, -0.1) is 0 Å². The Balaban J connectivity index is 5.72. The summed E-state index contributed by atoms with van der Waals surface area (Å²) in [7, 11) is -12.1. The molecule has 0 aliphatic carbocycles. The van der Waals surface area contributed by atoms with Gasteiger partial charge in [0.1, 0.15) is 0 Å². The summed E-state index contributed by atoms with van der Waals surface area (Å²) >= 11 is 0. The molecule has 0 aromatic carbocycles. The van der Waals surface area contributed by atoms with Crippen molar-refractivity contribution < 1.29 is 26.7 Å². The van der Waals surface area contributed by atoms with E-state index < -0.39 is 55.8 Å². The van der Waals surface area contributed by atoms with Gasteiger partial charge in [-0.05, 0) is 128 Å². The van der Waals surface area contributed by atoms with Crippen molar-refractivity contribution >= 4 is 50.4 Å². The smallest absolute Gasteiger partial charge is 0.317 e. The lowest BCUT2D eigenvalue weighted by Gasteiger charge is -2.44. The van der Waals surface area contributed by atoms with Gasteiger partial charge in [0.25, 0.3) is 0 Å². The van der Waals surface area contributed by atoms with E-state index in [1.165, 1.54) is 0 Å². The summed E-state index contributed by atoms with van der Waals surface area (Å²) in [4.78, 5) is 0. The Morgan fingerprint density at radius 1 is 0.486 bits per heavy atom. The highest BCUT2D eigenvalue weighted by Gasteiger charge is 2.47. The van der Waals surface area contributed by atoms with E-state index in [1.807, 2.05) is 0 Å². The number of hydrogen-bond donors (Lipinski definition) is 2. The third-order valence-electron chi connectivity index (χ3n) is 6.71. The summed E-state index contributed by atoms with van der Waals surface area (Å²) in [5.74, 6) is 0. The summed E-state index contributed by atoms with van der Waals surface area (Å²) in [6, 6.07) is 0. The standard InChI is InChI=1S/C25H64O6Si6/c1-23(36(15,28-32(3,4)5)29-33(6,7)8)17-19-25(21-26,22-27)20-18-24(2)37(16,30-34(9,10)11)31-35(12,13)14/h23-24,26-27H,17-22H2,1-16H3. The lowest BCUT2D eigenvalue weighted by atomic mass is 9.79. The first-order valence-corrected chi connectivity index (χ1v) is 32.6. The fraction of sp³-hybridized carbons (Fsp3) is 1.00. The first kappa shape index (κ1) is 38.1. The van der Waals surface area contributed by atoms with E-state index >= 15 is 0 Å². The molecule has 0 aromatic rings. The molecule has 0 aliphatic rings. The van der Waals surface area contributed by atoms with Crippen LogP contribution in [0, 0.1) is 5.41 Å². The van der Waals surface area contributed by atoms with Gasteiger partial charge < -0.3 is 26.7 Å². The van der Waals surface area contributed by atoms with Crippen LogP contribution in [0.3, 0.4) is 0 Å². The van der Waals surface area contributed by atoms with Crippen LogP contribution in [0.5, 0.6) is 0 Å². The Bertz CT molecular complexity index is 591. The molecule has 0 rings (SSSR count). The van der Waals surface area contributed by atoms with Crippen LogP contribution >= 0.6 is 0 Å².